The van der Waals surface area contributed by atoms with Crippen molar-refractivity contribution in [3.8, 4) is 0 Å². The molecule has 1 aromatic heterocycles. The number of benzene rings is 1. The first-order chi connectivity index (χ1) is 12.3. The fourth-order valence-corrected chi connectivity index (χ4v) is 2.92. The molecule has 3 rings (SSSR count). The summed E-state index contributed by atoms with van der Waals surface area (Å²) in [7, 11) is 0. The predicted octanol–water partition coefficient (Wildman–Crippen LogP) is 3.62. The van der Waals surface area contributed by atoms with Gasteiger partial charge in [0, 0.05) is 36.8 Å². The Bertz CT molecular complexity index is 709. The first-order valence-electron chi connectivity index (χ1n) is 9.43. The van der Waals surface area contributed by atoms with Crippen molar-refractivity contribution >= 4 is 40.8 Å². The third kappa shape index (κ3) is 6.46. The predicted molar refractivity (Wildman–Crippen MR) is 120 cm³/mol. The Balaban J connectivity index is 0.00000243. The molecule has 0 radical (unpaired) electrons. The van der Waals surface area contributed by atoms with E-state index in [4.69, 9.17) is 4.74 Å². The summed E-state index contributed by atoms with van der Waals surface area (Å²) >= 11 is 0. The van der Waals surface area contributed by atoms with Crippen LogP contribution in [0.25, 0.3) is 10.9 Å². The average Bonchev–Trinajstić information content (AvgIpc) is 3.34. The zero-order chi connectivity index (χ0) is 17.5. The van der Waals surface area contributed by atoms with Crippen molar-refractivity contribution in [3.05, 3.63) is 35.5 Å². The van der Waals surface area contributed by atoms with Gasteiger partial charge in [-0.2, -0.15) is 0 Å². The second-order valence-electron chi connectivity index (χ2n) is 6.82. The van der Waals surface area contributed by atoms with Crippen LogP contribution in [-0.2, 0) is 11.2 Å². The van der Waals surface area contributed by atoms with E-state index in [1.165, 1.54) is 34.9 Å². The SMILES string of the molecule is CCNC(=NCCOCC1CC1)NCCc1c[nH]c2cc(C)ccc12.I. The molecule has 0 saturated heterocycles. The highest BCUT2D eigenvalue weighted by molar-refractivity contribution is 14.0. The second-order valence-corrected chi connectivity index (χ2v) is 6.82. The summed E-state index contributed by atoms with van der Waals surface area (Å²) in [6.45, 7) is 8.23. The zero-order valence-corrected chi connectivity index (χ0v) is 18.1. The summed E-state index contributed by atoms with van der Waals surface area (Å²) in [6.07, 6.45) is 5.75. The number of aromatic nitrogens is 1. The molecule has 6 heteroatoms. The van der Waals surface area contributed by atoms with E-state index in [1.807, 2.05) is 0 Å². The minimum absolute atomic E-state index is 0. The quantitative estimate of drug-likeness (QED) is 0.227. The Morgan fingerprint density at radius 1 is 1.31 bits per heavy atom. The van der Waals surface area contributed by atoms with E-state index in [9.17, 15) is 0 Å². The molecular formula is C20H31IN4O. The van der Waals surface area contributed by atoms with E-state index < -0.39 is 0 Å². The van der Waals surface area contributed by atoms with Gasteiger partial charge in [-0.05, 0) is 56.2 Å². The monoisotopic (exact) mass is 470 g/mol. The van der Waals surface area contributed by atoms with E-state index in [1.54, 1.807) is 0 Å². The molecule has 0 unspecified atom stereocenters. The number of guanidine groups is 1. The van der Waals surface area contributed by atoms with E-state index in [-0.39, 0.29) is 24.0 Å². The maximum absolute atomic E-state index is 5.64. The summed E-state index contributed by atoms with van der Waals surface area (Å²) in [5.74, 6) is 1.68. The van der Waals surface area contributed by atoms with Crippen LogP contribution in [0.3, 0.4) is 0 Å². The molecule has 26 heavy (non-hydrogen) atoms. The van der Waals surface area contributed by atoms with Crippen LogP contribution in [0.4, 0.5) is 0 Å². The van der Waals surface area contributed by atoms with Gasteiger partial charge in [0.15, 0.2) is 5.96 Å². The highest BCUT2D eigenvalue weighted by atomic mass is 127. The number of nitrogens with zero attached hydrogens (tertiary/aromatic N) is 1. The smallest absolute Gasteiger partial charge is 0.191 e. The molecule has 3 N–H and O–H groups in total. The molecule has 0 atom stereocenters. The lowest BCUT2D eigenvalue weighted by molar-refractivity contribution is 0.131. The number of aromatic amines is 1. The normalized spacial score (nSPS) is 14.3. The van der Waals surface area contributed by atoms with E-state index in [0.717, 1.165) is 38.0 Å². The molecule has 0 amide bonds. The van der Waals surface area contributed by atoms with Gasteiger partial charge in [-0.15, -0.1) is 24.0 Å². The number of rotatable bonds is 9. The minimum atomic E-state index is 0. The number of ether oxygens (including phenoxy) is 1. The van der Waals surface area contributed by atoms with Gasteiger partial charge in [-0.25, -0.2) is 0 Å². The maximum Gasteiger partial charge on any atom is 0.191 e. The Hall–Kier alpha value is -1.28. The average molecular weight is 470 g/mol. The fourth-order valence-electron chi connectivity index (χ4n) is 2.92. The Labute approximate surface area is 173 Å². The largest absolute Gasteiger partial charge is 0.379 e. The Kier molecular flexibility index (Phi) is 8.71. The molecule has 1 saturated carbocycles. The summed E-state index contributed by atoms with van der Waals surface area (Å²) < 4.78 is 5.64. The van der Waals surface area contributed by atoms with Gasteiger partial charge in [0.2, 0.25) is 0 Å². The van der Waals surface area contributed by atoms with Gasteiger partial charge in [-0.1, -0.05) is 12.1 Å². The molecular weight excluding hydrogens is 439 g/mol. The number of nitrogens with one attached hydrogen (secondary N) is 3. The fraction of sp³-hybridized carbons (Fsp3) is 0.550. The van der Waals surface area contributed by atoms with Gasteiger partial charge in [0.25, 0.3) is 0 Å². The zero-order valence-electron chi connectivity index (χ0n) is 15.8. The van der Waals surface area contributed by atoms with Crippen LogP contribution in [-0.4, -0.2) is 43.8 Å². The molecule has 1 aliphatic rings. The topological polar surface area (TPSA) is 61.4 Å². The van der Waals surface area contributed by atoms with E-state index in [2.05, 4.69) is 58.9 Å². The number of aliphatic imine (C=N–C) groups is 1. The third-order valence-electron chi connectivity index (χ3n) is 4.51. The standard InChI is InChI=1S/C20H30N4O.HI/c1-3-21-20(23-10-11-25-14-16-5-6-16)22-9-8-17-13-24-19-12-15(2)4-7-18(17)19;/h4,7,12-13,16,24H,3,5-6,8-11,14H2,1-2H3,(H2,21,22,23);1H. The van der Waals surface area contributed by atoms with Crippen LogP contribution in [0.5, 0.6) is 0 Å². The summed E-state index contributed by atoms with van der Waals surface area (Å²) in [5.41, 5.74) is 3.83. The molecule has 144 valence electrons. The van der Waals surface area contributed by atoms with Crippen LogP contribution in [0.1, 0.15) is 30.9 Å². The van der Waals surface area contributed by atoms with Gasteiger partial charge in [0.1, 0.15) is 0 Å². The van der Waals surface area contributed by atoms with Crippen molar-refractivity contribution in [1.82, 2.24) is 15.6 Å². The highest BCUT2D eigenvalue weighted by Gasteiger charge is 2.20. The van der Waals surface area contributed by atoms with Gasteiger partial charge in [0.05, 0.1) is 13.2 Å². The first-order valence-corrected chi connectivity index (χ1v) is 9.43. The van der Waals surface area contributed by atoms with Crippen LogP contribution < -0.4 is 10.6 Å². The number of hydrogen-bond donors (Lipinski definition) is 3. The molecule has 0 bridgehead atoms. The number of hydrogen-bond acceptors (Lipinski definition) is 2. The van der Waals surface area contributed by atoms with E-state index >= 15 is 0 Å². The van der Waals surface area contributed by atoms with Crippen molar-refractivity contribution in [3.63, 3.8) is 0 Å². The lowest BCUT2D eigenvalue weighted by Gasteiger charge is -2.11. The van der Waals surface area contributed by atoms with E-state index in [0.29, 0.717) is 13.2 Å². The third-order valence-corrected chi connectivity index (χ3v) is 4.51. The summed E-state index contributed by atoms with van der Waals surface area (Å²) in [6, 6.07) is 6.56. The van der Waals surface area contributed by atoms with Crippen molar-refractivity contribution in [2.45, 2.75) is 33.1 Å². The first kappa shape index (κ1) is 21.0. The minimum Gasteiger partial charge on any atom is -0.379 e. The number of H-pyrrole nitrogens is 1. The van der Waals surface area contributed by atoms with Crippen LogP contribution in [0, 0.1) is 12.8 Å². The number of halogens is 1. The van der Waals surface area contributed by atoms with Crippen molar-refractivity contribution in [2.75, 3.05) is 32.8 Å². The molecule has 1 fully saturated rings. The lowest BCUT2D eigenvalue weighted by Crippen LogP contribution is -2.38. The lowest BCUT2D eigenvalue weighted by atomic mass is 10.1. The highest BCUT2D eigenvalue weighted by Crippen LogP contribution is 2.28. The van der Waals surface area contributed by atoms with Crippen molar-refractivity contribution < 1.29 is 4.74 Å². The van der Waals surface area contributed by atoms with Gasteiger partial charge >= 0.3 is 0 Å². The number of aryl methyl sites for hydroxylation is 1. The van der Waals surface area contributed by atoms with Crippen LogP contribution in [0.15, 0.2) is 29.4 Å². The Morgan fingerprint density at radius 2 is 2.15 bits per heavy atom. The molecule has 2 aromatic rings. The van der Waals surface area contributed by atoms with Crippen molar-refractivity contribution in [1.29, 1.82) is 0 Å². The van der Waals surface area contributed by atoms with Crippen LogP contribution in [0.2, 0.25) is 0 Å². The molecule has 1 aliphatic carbocycles. The summed E-state index contributed by atoms with van der Waals surface area (Å²) in [5, 5.41) is 8.02. The molecule has 5 nitrogen and oxygen atoms in total. The molecule has 1 aromatic carbocycles. The molecule has 1 heterocycles. The molecule has 0 aliphatic heterocycles. The molecule has 0 spiro atoms. The van der Waals surface area contributed by atoms with Gasteiger partial charge in [-0.3, -0.25) is 4.99 Å². The van der Waals surface area contributed by atoms with Gasteiger partial charge < -0.3 is 20.4 Å². The second kappa shape index (κ2) is 10.8. The maximum atomic E-state index is 5.64. The van der Waals surface area contributed by atoms with Crippen LogP contribution >= 0.6 is 24.0 Å². The summed E-state index contributed by atoms with van der Waals surface area (Å²) in [4.78, 5) is 7.95. The van der Waals surface area contributed by atoms with Crippen molar-refractivity contribution in [2.24, 2.45) is 10.9 Å². The number of fused-ring (bicyclic) bond motifs is 1. The Morgan fingerprint density at radius 3 is 2.92 bits per heavy atom.